The number of pyridine rings is 1. The summed E-state index contributed by atoms with van der Waals surface area (Å²) in [7, 11) is 0. The molecule has 0 fully saturated rings. The highest BCUT2D eigenvalue weighted by Gasteiger charge is 2.17. The van der Waals surface area contributed by atoms with Gasteiger partial charge in [-0.3, -0.25) is 13.8 Å². The minimum absolute atomic E-state index is 0.0946. The van der Waals surface area contributed by atoms with E-state index in [4.69, 9.17) is 4.42 Å². The maximum atomic E-state index is 12.3. The van der Waals surface area contributed by atoms with Gasteiger partial charge in [0.2, 0.25) is 0 Å². The molecule has 4 aromatic heterocycles. The van der Waals surface area contributed by atoms with Crippen LogP contribution in [0.5, 0.6) is 0 Å². The number of hydrogen-bond acceptors (Lipinski definition) is 6. The molecule has 0 aliphatic carbocycles. The van der Waals surface area contributed by atoms with Crippen molar-refractivity contribution < 1.29 is 4.42 Å². The Kier molecular flexibility index (Phi) is 4.87. The van der Waals surface area contributed by atoms with Crippen LogP contribution >= 0.6 is 11.8 Å². The van der Waals surface area contributed by atoms with Crippen molar-refractivity contribution in [2.24, 2.45) is 0 Å². The van der Waals surface area contributed by atoms with E-state index >= 15 is 0 Å². The van der Waals surface area contributed by atoms with E-state index in [-0.39, 0.29) is 5.56 Å². The van der Waals surface area contributed by atoms with Crippen LogP contribution in [-0.2, 0) is 12.3 Å². The monoisotopic (exact) mass is 393 g/mol. The Morgan fingerprint density at radius 1 is 1.25 bits per heavy atom. The van der Waals surface area contributed by atoms with Crippen molar-refractivity contribution in [3.63, 3.8) is 0 Å². The molecule has 4 heterocycles. The molecule has 0 N–H and O–H groups in total. The fraction of sp³-hybridized carbons (Fsp3) is 0.200. The van der Waals surface area contributed by atoms with Gasteiger partial charge in [0, 0.05) is 24.6 Å². The number of allylic oxidation sites excluding steroid dienone is 1. The van der Waals surface area contributed by atoms with Gasteiger partial charge in [-0.2, -0.15) is 0 Å². The molecule has 0 spiro atoms. The molecular formula is C20H19N5O2S. The molecule has 0 aromatic carbocycles. The topological polar surface area (TPSA) is 78.2 Å². The van der Waals surface area contributed by atoms with Crippen LogP contribution in [0.25, 0.3) is 17.0 Å². The molecule has 0 amide bonds. The minimum atomic E-state index is -0.0946. The van der Waals surface area contributed by atoms with Crippen molar-refractivity contribution in [3.8, 4) is 11.4 Å². The van der Waals surface area contributed by atoms with Crippen molar-refractivity contribution in [2.45, 2.75) is 31.3 Å². The molecule has 4 rings (SSSR count). The number of furan rings is 1. The summed E-state index contributed by atoms with van der Waals surface area (Å²) in [4.78, 5) is 17.0. The van der Waals surface area contributed by atoms with Crippen molar-refractivity contribution in [3.05, 3.63) is 76.8 Å². The predicted molar refractivity (Wildman–Crippen MR) is 108 cm³/mol. The molecule has 0 bridgehead atoms. The van der Waals surface area contributed by atoms with Crippen LogP contribution in [0.1, 0.15) is 17.0 Å². The number of fused-ring (bicyclic) bond motifs is 1. The Morgan fingerprint density at radius 2 is 2.11 bits per heavy atom. The summed E-state index contributed by atoms with van der Waals surface area (Å²) >= 11 is 1.49. The summed E-state index contributed by atoms with van der Waals surface area (Å²) in [6.45, 7) is 8.27. The van der Waals surface area contributed by atoms with Crippen LogP contribution in [0.15, 0.2) is 63.7 Å². The molecule has 142 valence electrons. The fourth-order valence-corrected chi connectivity index (χ4v) is 3.81. The summed E-state index contributed by atoms with van der Waals surface area (Å²) in [6.07, 6.45) is 5.19. The molecule has 0 unspecified atom stereocenters. The summed E-state index contributed by atoms with van der Waals surface area (Å²) < 4.78 is 8.92. The lowest BCUT2D eigenvalue weighted by molar-refractivity contribution is 0.534. The van der Waals surface area contributed by atoms with E-state index in [9.17, 15) is 4.79 Å². The van der Waals surface area contributed by atoms with Crippen molar-refractivity contribution >= 4 is 17.4 Å². The van der Waals surface area contributed by atoms with Gasteiger partial charge in [-0.05, 0) is 37.6 Å². The van der Waals surface area contributed by atoms with Crippen LogP contribution in [0.2, 0.25) is 0 Å². The lowest BCUT2D eigenvalue weighted by atomic mass is 10.2. The lowest BCUT2D eigenvalue weighted by Gasteiger charge is -2.08. The molecular weight excluding hydrogens is 374 g/mol. The number of aromatic nitrogens is 5. The molecule has 0 saturated heterocycles. The van der Waals surface area contributed by atoms with Gasteiger partial charge in [-0.1, -0.05) is 17.8 Å². The maximum Gasteiger partial charge on any atom is 0.258 e. The number of aryl methyl sites for hydroxylation is 2. The van der Waals surface area contributed by atoms with E-state index in [0.717, 1.165) is 27.9 Å². The minimum Gasteiger partial charge on any atom is -0.469 e. The predicted octanol–water partition coefficient (Wildman–Crippen LogP) is 3.64. The van der Waals surface area contributed by atoms with Crippen molar-refractivity contribution in [2.75, 3.05) is 0 Å². The van der Waals surface area contributed by atoms with Crippen molar-refractivity contribution in [1.29, 1.82) is 0 Å². The van der Waals surface area contributed by atoms with Crippen molar-refractivity contribution in [1.82, 2.24) is 24.1 Å². The highest BCUT2D eigenvalue weighted by Crippen LogP contribution is 2.28. The second-order valence-electron chi connectivity index (χ2n) is 6.40. The van der Waals surface area contributed by atoms with E-state index < -0.39 is 0 Å². The molecule has 4 aromatic rings. The molecule has 0 aliphatic heterocycles. The Balaban J connectivity index is 1.64. The average molecular weight is 393 g/mol. The first-order valence-corrected chi connectivity index (χ1v) is 9.75. The molecule has 7 nitrogen and oxygen atoms in total. The lowest BCUT2D eigenvalue weighted by Crippen LogP contribution is -2.15. The standard InChI is InChI=1S/C20H19N5O2S/c1-4-7-25-19(16-6-9-27-14(16)3)22-23-20(25)28-12-15-11-18(26)24-8-5-13(2)10-17(24)21-15/h4-6,8-11H,1,7,12H2,2-3H3. The molecule has 8 heteroatoms. The normalized spacial score (nSPS) is 11.2. The first-order valence-electron chi connectivity index (χ1n) is 8.77. The zero-order valence-electron chi connectivity index (χ0n) is 15.6. The van der Waals surface area contributed by atoms with Gasteiger partial charge in [-0.25, -0.2) is 4.98 Å². The number of thioether (sulfide) groups is 1. The van der Waals surface area contributed by atoms with Crippen LogP contribution in [-0.4, -0.2) is 24.1 Å². The van der Waals surface area contributed by atoms with E-state index in [1.165, 1.54) is 11.8 Å². The van der Waals surface area contributed by atoms with E-state index in [1.807, 2.05) is 36.6 Å². The van der Waals surface area contributed by atoms with Gasteiger partial charge in [-0.15, -0.1) is 16.8 Å². The second-order valence-corrected chi connectivity index (χ2v) is 7.35. The Morgan fingerprint density at radius 3 is 2.86 bits per heavy atom. The van der Waals surface area contributed by atoms with E-state index in [0.29, 0.717) is 23.6 Å². The third-order valence-corrected chi connectivity index (χ3v) is 5.35. The summed E-state index contributed by atoms with van der Waals surface area (Å²) in [5.74, 6) is 2.03. The molecule has 0 saturated carbocycles. The zero-order valence-corrected chi connectivity index (χ0v) is 16.4. The van der Waals surface area contributed by atoms with Crippen LogP contribution in [0.3, 0.4) is 0 Å². The average Bonchev–Trinajstić information content (AvgIpc) is 3.25. The Bertz CT molecular complexity index is 1220. The third-order valence-electron chi connectivity index (χ3n) is 4.35. The SMILES string of the molecule is C=CCn1c(SCc2cc(=O)n3ccc(C)cc3n2)nnc1-c1ccoc1C. The number of hydrogen-bond donors (Lipinski definition) is 0. The summed E-state index contributed by atoms with van der Waals surface area (Å²) in [5.41, 5.74) is 3.21. The van der Waals surface area contributed by atoms with E-state index in [1.54, 1.807) is 29.0 Å². The van der Waals surface area contributed by atoms with Gasteiger partial charge in [0.05, 0.1) is 17.5 Å². The van der Waals surface area contributed by atoms with Gasteiger partial charge >= 0.3 is 0 Å². The molecule has 0 radical (unpaired) electrons. The van der Waals surface area contributed by atoms with Gasteiger partial charge < -0.3 is 4.42 Å². The van der Waals surface area contributed by atoms with Crippen LogP contribution < -0.4 is 5.56 Å². The largest absolute Gasteiger partial charge is 0.469 e. The third kappa shape index (κ3) is 3.38. The Hall–Kier alpha value is -3.13. The first-order chi connectivity index (χ1) is 13.6. The highest BCUT2D eigenvalue weighted by atomic mass is 32.2. The van der Waals surface area contributed by atoms with E-state index in [2.05, 4.69) is 21.8 Å². The van der Waals surface area contributed by atoms with Gasteiger partial charge in [0.1, 0.15) is 11.4 Å². The van der Waals surface area contributed by atoms with Crippen LogP contribution in [0.4, 0.5) is 0 Å². The number of rotatable bonds is 6. The molecule has 0 aliphatic rings. The number of nitrogens with zero attached hydrogens (tertiary/aromatic N) is 5. The maximum absolute atomic E-state index is 12.3. The van der Waals surface area contributed by atoms with Crippen LogP contribution in [0, 0.1) is 13.8 Å². The molecule has 28 heavy (non-hydrogen) atoms. The first kappa shape index (κ1) is 18.2. The Labute approximate surface area is 165 Å². The van der Waals surface area contributed by atoms with Gasteiger partial charge in [0.25, 0.3) is 5.56 Å². The quantitative estimate of drug-likeness (QED) is 0.368. The smallest absolute Gasteiger partial charge is 0.258 e. The van der Waals surface area contributed by atoms with Gasteiger partial charge in [0.15, 0.2) is 11.0 Å². The second kappa shape index (κ2) is 7.47. The summed E-state index contributed by atoms with van der Waals surface area (Å²) in [5, 5.41) is 9.39. The zero-order chi connectivity index (χ0) is 19.7. The summed E-state index contributed by atoms with van der Waals surface area (Å²) in [6, 6.07) is 7.23. The fourth-order valence-electron chi connectivity index (χ4n) is 2.97. The highest BCUT2D eigenvalue weighted by molar-refractivity contribution is 7.98. The molecule has 0 atom stereocenters.